The Morgan fingerprint density at radius 1 is 1.35 bits per heavy atom. The van der Waals surface area contributed by atoms with Gasteiger partial charge in [-0.2, -0.15) is 0 Å². The van der Waals surface area contributed by atoms with Crippen molar-refractivity contribution in [2.75, 3.05) is 33.3 Å². The lowest BCUT2D eigenvalue weighted by atomic mass is 10.1. The number of nitrogens with zero attached hydrogens (tertiary/aromatic N) is 4. The van der Waals surface area contributed by atoms with Crippen LogP contribution in [0.15, 0.2) is 24.3 Å². The van der Waals surface area contributed by atoms with E-state index in [9.17, 15) is 4.79 Å². The lowest BCUT2D eigenvalue weighted by Crippen LogP contribution is -2.32. The average Bonchev–Trinajstić information content (AvgIpc) is 3.03. The summed E-state index contributed by atoms with van der Waals surface area (Å²) in [6, 6.07) is 8.21. The van der Waals surface area contributed by atoms with Crippen molar-refractivity contribution in [3.8, 4) is 5.75 Å². The smallest absolute Gasteiger partial charge is 0.276 e. The summed E-state index contributed by atoms with van der Waals surface area (Å²) in [5.74, 6) is 0.703. The summed E-state index contributed by atoms with van der Waals surface area (Å²) < 4.78 is 7.64. The molecule has 1 saturated heterocycles. The van der Waals surface area contributed by atoms with Gasteiger partial charge in [0.05, 0.1) is 18.3 Å². The monoisotopic (exact) mass is 357 g/mol. The van der Waals surface area contributed by atoms with Gasteiger partial charge < -0.3 is 15.0 Å². The highest BCUT2D eigenvalue weighted by molar-refractivity contribution is 5.93. The third-order valence-electron chi connectivity index (χ3n) is 4.82. The van der Waals surface area contributed by atoms with Gasteiger partial charge in [0.1, 0.15) is 12.4 Å². The number of amides is 1. The fourth-order valence-corrected chi connectivity index (χ4v) is 3.22. The van der Waals surface area contributed by atoms with E-state index in [1.54, 1.807) is 11.9 Å². The van der Waals surface area contributed by atoms with Crippen molar-refractivity contribution in [2.45, 2.75) is 32.7 Å². The van der Waals surface area contributed by atoms with Gasteiger partial charge in [0, 0.05) is 7.05 Å². The zero-order valence-corrected chi connectivity index (χ0v) is 15.7. The van der Waals surface area contributed by atoms with Gasteiger partial charge in [0.2, 0.25) is 0 Å². The molecule has 7 heteroatoms. The lowest BCUT2D eigenvalue weighted by Gasteiger charge is -2.23. The summed E-state index contributed by atoms with van der Waals surface area (Å²) in [6.07, 6.45) is 2.02. The van der Waals surface area contributed by atoms with E-state index < -0.39 is 0 Å². The Morgan fingerprint density at radius 3 is 2.85 bits per heavy atom. The number of nitrogens with one attached hydrogen (secondary N) is 1. The molecule has 1 aliphatic heterocycles. The van der Waals surface area contributed by atoms with Gasteiger partial charge in [-0.25, -0.2) is 4.68 Å². The van der Waals surface area contributed by atoms with Crippen LogP contribution in [0.25, 0.3) is 0 Å². The molecule has 1 fully saturated rings. The first-order chi connectivity index (χ1) is 12.6. The van der Waals surface area contributed by atoms with Gasteiger partial charge in [-0.15, -0.1) is 5.10 Å². The molecule has 7 nitrogen and oxygen atoms in total. The number of aryl methyl sites for hydroxylation is 1. The van der Waals surface area contributed by atoms with Gasteiger partial charge in [-0.1, -0.05) is 17.3 Å². The summed E-state index contributed by atoms with van der Waals surface area (Å²) in [5, 5.41) is 11.7. The third-order valence-corrected chi connectivity index (χ3v) is 4.82. The summed E-state index contributed by atoms with van der Waals surface area (Å²) in [5.41, 5.74) is 2.42. The number of rotatable bonds is 6. The fourth-order valence-electron chi connectivity index (χ4n) is 3.22. The second-order valence-corrected chi connectivity index (χ2v) is 6.84. The molecule has 0 radical (unpaired) electrons. The van der Waals surface area contributed by atoms with Crippen LogP contribution in [0.2, 0.25) is 0 Å². The minimum absolute atomic E-state index is 0.115. The molecule has 0 bridgehead atoms. The molecule has 1 amide bonds. The Labute approximate surface area is 154 Å². The van der Waals surface area contributed by atoms with Gasteiger partial charge in [-0.3, -0.25) is 4.79 Å². The Bertz CT molecular complexity index is 752. The normalized spacial score (nSPS) is 15.0. The molecule has 2 aromatic rings. The van der Waals surface area contributed by atoms with E-state index in [1.807, 2.05) is 42.8 Å². The molecular weight excluding hydrogens is 330 g/mol. The highest BCUT2D eigenvalue weighted by Crippen LogP contribution is 2.20. The fraction of sp³-hybridized carbons (Fsp3) is 0.526. The molecule has 0 atom stereocenters. The highest BCUT2D eigenvalue weighted by atomic mass is 16.5. The van der Waals surface area contributed by atoms with Crippen molar-refractivity contribution in [1.29, 1.82) is 0 Å². The minimum Gasteiger partial charge on any atom is -0.492 e. The molecule has 0 unspecified atom stereocenters. The Balaban J connectivity index is 1.57. The molecule has 140 valence electrons. The molecule has 26 heavy (non-hydrogen) atoms. The van der Waals surface area contributed by atoms with Crippen LogP contribution in [-0.2, 0) is 0 Å². The van der Waals surface area contributed by atoms with E-state index in [-0.39, 0.29) is 5.91 Å². The van der Waals surface area contributed by atoms with Gasteiger partial charge in [0.25, 0.3) is 5.91 Å². The second-order valence-electron chi connectivity index (χ2n) is 6.84. The Morgan fingerprint density at radius 2 is 2.12 bits per heavy atom. The summed E-state index contributed by atoms with van der Waals surface area (Å²) in [7, 11) is 1.77. The number of benzene rings is 1. The third kappa shape index (κ3) is 4.22. The molecule has 1 N–H and O–H groups in total. The molecular formula is C19H27N5O2. The number of carbonyl (C=O) groups is 1. The van der Waals surface area contributed by atoms with Gasteiger partial charge >= 0.3 is 0 Å². The maximum Gasteiger partial charge on any atom is 0.276 e. The predicted molar refractivity (Wildman–Crippen MR) is 99.5 cm³/mol. The molecule has 3 rings (SSSR count). The average molecular weight is 357 g/mol. The number of piperidine rings is 1. The summed E-state index contributed by atoms with van der Waals surface area (Å²) >= 11 is 0. The van der Waals surface area contributed by atoms with Crippen LogP contribution >= 0.6 is 0 Å². The van der Waals surface area contributed by atoms with Crippen molar-refractivity contribution >= 4 is 5.91 Å². The summed E-state index contributed by atoms with van der Waals surface area (Å²) in [6.45, 7) is 6.83. The van der Waals surface area contributed by atoms with E-state index in [0.717, 1.165) is 42.9 Å². The predicted octanol–water partition coefficient (Wildman–Crippen LogP) is 1.97. The number of hydrogen-bond acceptors (Lipinski definition) is 5. The Hall–Kier alpha value is -2.41. The minimum atomic E-state index is -0.115. The zero-order valence-electron chi connectivity index (χ0n) is 15.7. The van der Waals surface area contributed by atoms with Crippen LogP contribution < -0.4 is 10.1 Å². The first kappa shape index (κ1) is 18.4. The quantitative estimate of drug-likeness (QED) is 0.856. The molecule has 0 saturated carbocycles. The van der Waals surface area contributed by atoms with Crippen LogP contribution in [0.4, 0.5) is 0 Å². The number of likely N-dealkylation sites (N-methyl/N-ethyl adjacent to an activating group) is 1. The number of ether oxygens (including phenoxy) is 1. The summed E-state index contributed by atoms with van der Waals surface area (Å²) in [4.78, 5) is 14.3. The van der Waals surface area contributed by atoms with E-state index in [2.05, 4.69) is 15.6 Å². The molecule has 1 aromatic heterocycles. The standard InChI is InChI=1S/C19H27N5O2/c1-14-5-4-6-17(13-14)26-12-11-23(3)19(25)18-15(2)24(22-21-18)16-7-9-20-10-8-16/h4-6,13,16,20H,7-12H2,1-3H3. The maximum absolute atomic E-state index is 12.7. The zero-order chi connectivity index (χ0) is 18.5. The largest absolute Gasteiger partial charge is 0.492 e. The van der Waals surface area contributed by atoms with Crippen molar-refractivity contribution in [3.63, 3.8) is 0 Å². The molecule has 1 aromatic carbocycles. The number of aromatic nitrogens is 3. The molecule has 2 heterocycles. The van der Waals surface area contributed by atoms with Crippen molar-refractivity contribution in [1.82, 2.24) is 25.2 Å². The van der Waals surface area contributed by atoms with Crippen LogP contribution in [0.5, 0.6) is 5.75 Å². The highest BCUT2D eigenvalue weighted by Gasteiger charge is 2.24. The molecule has 1 aliphatic rings. The Kier molecular flexibility index (Phi) is 5.88. The van der Waals surface area contributed by atoms with Crippen LogP contribution in [0.3, 0.4) is 0 Å². The van der Waals surface area contributed by atoms with Crippen LogP contribution in [0.1, 0.15) is 40.6 Å². The lowest BCUT2D eigenvalue weighted by molar-refractivity contribution is 0.0767. The van der Waals surface area contributed by atoms with E-state index in [4.69, 9.17) is 4.74 Å². The first-order valence-corrected chi connectivity index (χ1v) is 9.13. The van der Waals surface area contributed by atoms with Gasteiger partial charge in [0.15, 0.2) is 5.69 Å². The molecule has 0 spiro atoms. The van der Waals surface area contributed by atoms with Crippen molar-refractivity contribution in [2.24, 2.45) is 0 Å². The van der Waals surface area contributed by atoms with Crippen LogP contribution in [-0.4, -0.2) is 59.1 Å². The topological polar surface area (TPSA) is 72.3 Å². The van der Waals surface area contributed by atoms with E-state index >= 15 is 0 Å². The van der Waals surface area contributed by atoms with E-state index in [0.29, 0.717) is 24.9 Å². The SMILES string of the molecule is Cc1cccc(OCCN(C)C(=O)c2nnn(C3CCNCC3)c2C)c1. The maximum atomic E-state index is 12.7. The molecule has 0 aliphatic carbocycles. The van der Waals surface area contributed by atoms with Crippen molar-refractivity contribution in [3.05, 3.63) is 41.2 Å². The van der Waals surface area contributed by atoms with Crippen molar-refractivity contribution < 1.29 is 9.53 Å². The number of carbonyl (C=O) groups excluding carboxylic acids is 1. The van der Waals surface area contributed by atoms with E-state index in [1.165, 1.54) is 0 Å². The number of hydrogen-bond donors (Lipinski definition) is 1. The first-order valence-electron chi connectivity index (χ1n) is 9.13. The van der Waals surface area contributed by atoms with Gasteiger partial charge in [-0.05, 0) is 57.5 Å². The second kappa shape index (κ2) is 8.31. The van der Waals surface area contributed by atoms with Crippen LogP contribution in [0, 0.1) is 13.8 Å².